The number of aryl methyl sites for hydroxylation is 1. The van der Waals surface area contributed by atoms with Crippen molar-refractivity contribution < 1.29 is 0 Å². The third-order valence-electron chi connectivity index (χ3n) is 3.04. The Labute approximate surface area is 108 Å². The molecular formula is C15H19N3. The summed E-state index contributed by atoms with van der Waals surface area (Å²) in [6, 6.07) is 12.1. The summed E-state index contributed by atoms with van der Waals surface area (Å²) < 4.78 is 0. The predicted octanol–water partition coefficient (Wildman–Crippen LogP) is 3.54. The third kappa shape index (κ3) is 2.87. The van der Waals surface area contributed by atoms with Crippen LogP contribution < -0.4 is 11.1 Å². The molecule has 1 aromatic carbocycles. The first kappa shape index (κ1) is 12.6. The number of para-hydroxylation sites is 1. The molecule has 0 aliphatic carbocycles. The lowest BCUT2D eigenvalue weighted by Crippen LogP contribution is -2.11. The van der Waals surface area contributed by atoms with Gasteiger partial charge >= 0.3 is 0 Å². The van der Waals surface area contributed by atoms with Crippen molar-refractivity contribution in [2.45, 2.75) is 26.3 Å². The molecule has 3 heteroatoms. The first-order valence-electron chi connectivity index (χ1n) is 6.25. The van der Waals surface area contributed by atoms with Crippen LogP contribution in [0.3, 0.4) is 0 Å². The van der Waals surface area contributed by atoms with Gasteiger partial charge in [-0.3, -0.25) is 0 Å². The molecule has 0 unspecified atom stereocenters. The Morgan fingerprint density at radius 2 is 2.00 bits per heavy atom. The number of hydrogen-bond acceptors (Lipinski definition) is 3. The fourth-order valence-corrected chi connectivity index (χ4v) is 1.91. The number of benzene rings is 1. The number of pyridine rings is 1. The largest absolute Gasteiger partial charge is 0.340 e. The average molecular weight is 241 g/mol. The van der Waals surface area contributed by atoms with Crippen LogP contribution in [0, 0.1) is 6.92 Å². The molecule has 3 nitrogen and oxygen atoms in total. The maximum atomic E-state index is 6.04. The average Bonchev–Trinajstić information content (AvgIpc) is 2.39. The van der Waals surface area contributed by atoms with E-state index in [0.717, 1.165) is 23.5 Å². The second-order valence-corrected chi connectivity index (χ2v) is 4.43. The van der Waals surface area contributed by atoms with E-state index >= 15 is 0 Å². The van der Waals surface area contributed by atoms with Crippen LogP contribution in [0.2, 0.25) is 0 Å². The Kier molecular flexibility index (Phi) is 3.95. The van der Waals surface area contributed by atoms with Gasteiger partial charge in [0.1, 0.15) is 5.82 Å². The highest BCUT2D eigenvalue weighted by Gasteiger charge is 2.08. The topological polar surface area (TPSA) is 50.9 Å². The van der Waals surface area contributed by atoms with Gasteiger partial charge in [-0.1, -0.05) is 25.1 Å². The van der Waals surface area contributed by atoms with Crippen LogP contribution in [-0.2, 0) is 0 Å². The van der Waals surface area contributed by atoms with E-state index in [2.05, 4.69) is 24.1 Å². The van der Waals surface area contributed by atoms with Gasteiger partial charge in [0.25, 0.3) is 0 Å². The van der Waals surface area contributed by atoms with E-state index in [-0.39, 0.29) is 6.04 Å². The van der Waals surface area contributed by atoms with E-state index in [1.807, 2.05) is 42.6 Å². The number of nitrogens with two attached hydrogens (primary N) is 1. The third-order valence-corrected chi connectivity index (χ3v) is 3.04. The first-order valence-corrected chi connectivity index (χ1v) is 6.25. The van der Waals surface area contributed by atoms with Crippen LogP contribution in [0.1, 0.15) is 30.5 Å². The SMILES string of the molecule is CC[C@H](N)c1cnc(Nc2ccccc2)cc1C. The zero-order valence-electron chi connectivity index (χ0n) is 10.9. The fourth-order valence-electron chi connectivity index (χ4n) is 1.91. The molecular weight excluding hydrogens is 222 g/mol. The van der Waals surface area contributed by atoms with E-state index in [1.54, 1.807) is 0 Å². The van der Waals surface area contributed by atoms with Gasteiger partial charge in [-0.05, 0) is 42.7 Å². The van der Waals surface area contributed by atoms with Crippen LogP contribution in [0.15, 0.2) is 42.6 Å². The van der Waals surface area contributed by atoms with Crippen molar-refractivity contribution in [2.75, 3.05) is 5.32 Å². The van der Waals surface area contributed by atoms with E-state index in [1.165, 1.54) is 5.56 Å². The molecule has 0 amide bonds. The van der Waals surface area contributed by atoms with Gasteiger partial charge in [-0.15, -0.1) is 0 Å². The second kappa shape index (κ2) is 5.65. The van der Waals surface area contributed by atoms with E-state index < -0.39 is 0 Å². The monoisotopic (exact) mass is 241 g/mol. The zero-order chi connectivity index (χ0) is 13.0. The molecule has 1 aromatic heterocycles. The maximum absolute atomic E-state index is 6.04. The van der Waals surface area contributed by atoms with Crippen molar-refractivity contribution in [3.05, 3.63) is 53.7 Å². The van der Waals surface area contributed by atoms with Crippen LogP contribution in [0.25, 0.3) is 0 Å². The van der Waals surface area contributed by atoms with Crippen molar-refractivity contribution in [3.8, 4) is 0 Å². The van der Waals surface area contributed by atoms with Gasteiger partial charge in [0.2, 0.25) is 0 Å². The highest BCUT2D eigenvalue weighted by Crippen LogP contribution is 2.21. The number of rotatable bonds is 4. The van der Waals surface area contributed by atoms with Gasteiger partial charge in [0.15, 0.2) is 0 Å². The van der Waals surface area contributed by atoms with Crippen LogP contribution >= 0.6 is 0 Å². The molecule has 0 bridgehead atoms. The summed E-state index contributed by atoms with van der Waals surface area (Å²) in [5.74, 6) is 0.853. The van der Waals surface area contributed by atoms with E-state index in [9.17, 15) is 0 Å². The summed E-state index contributed by atoms with van der Waals surface area (Å²) >= 11 is 0. The lowest BCUT2D eigenvalue weighted by Gasteiger charge is -2.13. The standard InChI is InChI=1S/C15H19N3/c1-3-14(16)13-10-17-15(9-11(13)2)18-12-7-5-4-6-8-12/h4-10,14H,3,16H2,1-2H3,(H,17,18)/t14-/m0/s1. The Hall–Kier alpha value is -1.87. The predicted molar refractivity (Wildman–Crippen MR) is 75.9 cm³/mol. The van der Waals surface area contributed by atoms with Gasteiger partial charge < -0.3 is 11.1 Å². The van der Waals surface area contributed by atoms with Crippen molar-refractivity contribution in [1.29, 1.82) is 0 Å². The molecule has 0 fully saturated rings. The van der Waals surface area contributed by atoms with Gasteiger partial charge in [-0.2, -0.15) is 0 Å². The van der Waals surface area contributed by atoms with Gasteiger partial charge in [0.05, 0.1) is 0 Å². The lowest BCUT2D eigenvalue weighted by molar-refractivity contribution is 0.690. The lowest BCUT2D eigenvalue weighted by atomic mass is 10.0. The van der Waals surface area contributed by atoms with Crippen molar-refractivity contribution in [2.24, 2.45) is 5.73 Å². The van der Waals surface area contributed by atoms with Gasteiger partial charge in [0, 0.05) is 17.9 Å². The number of anilines is 2. The van der Waals surface area contributed by atoms with E-state index in [0.29, 0.717) is 0 Å². The highest BCUT2D eigenvalue weighted by molar-refractivity contribution is 5.56. The number of hydrogen-bond donors (Lipinski definition) is 2. The molecule has 0 spiro atoms. The first-order chi connectivity index (χ1) is 8.70. The summed E-state index contributed by atoms with van der Waals surface area (Å²) in [6.07, 6.45) is 2.79. The molecule has 3 N–H and O–H groups in total. The smallest absolute Gasteiger partial charge is 0.130 e. The summed E-state index contributed by atoms with van der Waals surface area (Å²) in [4.78, 5) is 4.41. The van der Waals surface area contributed by atoms with Crippen molar-refractivity contribution >= 4 is 11.5 Å². The minimum absolute atomic E-state index is 0.0725. The maximum Gasteiger partial charge on any atom is 0.130 e. The molecule has 0 saturated heterocycles. The van der Waals surface area contributed by atoms with Crippen LogP contribution in [0.5, 0.6) is 0 Å². The quantitative estimate of drug-likeness (QED) is 0.860. The summed E-state index contributed by atoms with van der Waals surface area (Å²) in [5.41, 5.74) is 9.38. The van der Waals surface area contributed by atoms with Crippen molar-refractivity contribution in [1.82, 2.24) is 4.98 Å². The minimum Gasteiger partial charge on any atom is -0.340 e. The van der Waals surface area contributed by atoms with Crippen LogP contribution in [0.4, 0.5) is 11.5 Å². The Morgan fingerprint density at radius 3 is 2.61 bits per heavy atom. The summed E-state index contributed by atoms with van der Waals surface area (Å²) in [6.45, 7) is 4.16. The molecule has 18 heavy (non-hydrogen) atoms. The molecule has 0 saturated carbocycles. The molecule has 1 heterocycles. The highest BCUT2D eigenvalue weighted by atomic mass is 15.0. The fraction of sp³-hybridized carbons (Fsp3) is 0.267. The normalized spacial score (nSPS) is 12.2. The number of nitrogens with one attached hydrogen (secondary N) is 1. The Morgan fingerprint density at radius 1 is 1.28 bits per heavy atom. The molecule has 2 rings (SSSR count). The van der Waals surface area contributed by atoms with Gasteiger partial charge in [-0.25, -0.2) is 4.98 Å². The van der Waals surface area contributed by atoms with Crippen LogP contribution in [-0.4, -0.2) is 4.98 Å². The number of aromatic nitrogens is 1. The molecule has 0 aliphatic rings. The Balaban J connectivity index is 2.19. The summed E-state index contributed by atoms with van der Waals surface area (Å²) in [7, 11) is 0. The summed E-state index contributed by atoms with van der Waals surface area (Å²) in [5, 5.41) is 3.28. The molecule has 94 valence electrons. The number of nitrogens with zero attached hydrogens (tertiary/aromatic N) is 1. The second-order valence-electron chi connectivity index (χ2n) is 4.43. The van der Waals surface area contributed by atoms with Crippen molar-refractivity contribution in [3.63, 3.8) is 0 Å². The molecule has 2 aromatic rings. The molecule has 0 radical (unpaired) electrons. The Bertz CT molecular complexity index is 508. The van der Waals surface area contributed by atoms with E-state index in [4.69, 9.17) is 5.73 Å². The zero-order valence-corrected chi connectivity index (χ0v) is 10.9. The molecule has 0 aliphatic heterocycles. The minimum atomic E-state index is 0.0725. The molecule has 1 atom stereocenters.